The van der Waals surface area contributed by atoms with Crippen LogP contribution in [0.1, 0.15) is 68.9 Å². The number of aliphatic hydroxyl groups is 2. The highest BCUT2D eigenvalue weighted by Crippen LogP contribution is 2.44. The van der Waals surface area contributed by atoms with Crippen LogP contribution in [0.4, 0.5) is 0 Å². The van der Waals surface area contributed by atoms with Gasteiger partial charge in [-0.3, -0.25) is 0 Å². The molecule has 4 rings (SSSR count). The van der Waals surface area contributed by atoms with Crippen molar-refractivity contribution in [3.05, 3.63) is 65.2 Å². The zero-order valence-corrected chi connectivity index (χ0v) is 17.8. The Kier molecular flexibility index (Phi) is 5.45. The molecule has 0 amide bonds. The Balaban J connectivity index is 1.36. The monoisotopic (exact) mass is 395 g/mol. The van der Waals surface area contributed by atoms with E-state index >= 15 is 0 Å². The topological polar surface area (TPSA) is 52.9 Å². The third-order valence-electron chi connectivity index (χ3n) is 6.53. The molecular weight excluding hydrogens is 362 g/mol. The molecule has 0 bridgehead atoms. The van der Waals surface area contributed by atoms with Gasteiger partial charge in [0.1, 0.15) is 11.4 Å². The van der Waals surface area contributed by atoms with Crippen molar-refractivity contribution in [1.82, 2.24) is 4.90 Å². The number of fused-ring (bicyclic) bond motifs is 1. The van der Waals surface area contributed by atoms with Gasteiger partial charge < -0.3 is 19.8 Å². The van der Waals surface area contributed by atoms with Crippen molar-refractivity contribution < 1.29 is 14.9 Å². The first-order valence-corrected chi connectivity index (χ1v) is 10.7. The molecule has 0 saturated carbocycles. The molecule has 2 atom stereocenters. The van der Waals surface area contributed by atoms with E-state index in [4.69, 9.17) is 4.74 Å². The van der Waals surface area contributed by atoms with E-state index in [1.54, 1.807) is 0 Å². The van der Waals surface area contributed by atoms with E-state index in [-0.39, 0.29) is 11.0 Å². The maximum atomic E-state index is 10.7. The van der Waals surface area contributed by atoms with Gasteiger partial charge in [0.25, 0.3) is 0 Å². The second kappa shape index (κ2) is 7.75. The first-order chi connectivity index (χ1) is 13.8. The SMILES string of the molecule is CC(C)(C)c1ccc([C@@H](O)CN2CCC3(CC2)C[C@@H](O)c2ccccc2O3)cc1. The number of piperidine rings is 1. The van der Waals surface area contributed by atoms with E-state index in [2.05, 4.69) is 37.8 Å². The molecule has 0 radical (unpaired) electrons. The summed E-state index contributed by atoms with van der Waals surface area (Å²) in [7, 11) is 0. The summed E-state index contributed by atoms with van der Waals surface area (Å²) in [5, 5.41) is 21.3. The molecule has 2 heterocycles. The molecule has 2 aromatic rings. The lowest BCUT2D eigenvalue weighted by atomic mass is 9.81. The number of benzene rings is 2. The molecule has 2 aliphatic rings. The Morgan fingerprint density at radius 3 is 2.38 bits per heavy atom. The predicted octanol–water partition coefficient (Wildman–Crippen LogP) is 4.37. The van der Waals surface area contributed by atoms with Crippen molar-refractivity contribution in [2.24, 2.45) is 0 Å². The van der Waals surface area contributed by atoms with Crippen LogP contribution in [0, 0.1) is 0 Å². The number of nitrogens with zero attached hydrogens (tertiary/aromatic N) is 1. The number of β-amino-alcohol motifs (C(OH)–C–C–N with tert-alkyl or cyclic N) is 1. The molecule has 29 heavy (non-hydrogen) atoms. The number of likely N-dealkylation sites (tertiary alicyclic amines) is 1. The average molecular weight is 396 g/mol. The van der Waals surface area contributed by atoms with Crippen LogP contribution in [-0.4, -0.2) is 40.3 Å². The van der Waals surface area contributed by atoms with E-state index in [0.717, 1.165) is 42.8 Å². The highest BCUT2D eigenvalue weighted by Gasteiger charge is 2.42. The summed E-state index contributed by atoms with van der Waals surface area (Å²) in [5.74, 6) is 0.818. The fraction of sp³-hybridized carbons (Fsp3) is 0.520. The molecular formula is C25H33NO3. The molecule has 0 aromatic heterocycles. The van der Waals surface area contributed by atoms with Crippen LogP contribution in [0.25, 0.3) is 0 Å². The molecule has 4 nitrogen and oxygen atoms in total. The Bertz CT molecular complexity index is 832. The van der Waals surface area contributed by atoms with Gasteiger partial charge in [-0.2, -0.15) is 0 Å². The first-order valence-electron chi connectivity index (χ1n) is 10.7. The van der Waals surface area contributed by atoms with Crippen molar-refractivity contribution >= 4 is 0 Å². The number of hydrogen-bond acceptors (Lipinski definition) is 4. The standard InChI is InChI=1S/C25H33NO3/c1-24(2,3)19-10-8-18(9-11-19)22(28)17-26-14-12-25(13-15-26)16-21(27)20-6-4-5-7-23(20)29-25/h4-11,21-22,27-28H,12-17H2,1-3H3/t21-,22+/m1/s1. The number of para-hydroxylation sites is 1. The number of rotatable bonds is 3. The first kappa shape index (κ1) is 20.4. The van der Waals surface area contributed by atoms with Gasteiger partial charge in [0.2, 0.25) is 0 Å². The summed E-state index contributed by atoms with van der Waals surface area (Å²) in [4.78, 5) is 2.31. The average Bonchev–Trinajstić information content (AvgIpc) is 2.69. The molecule has 2 aromatic carbocycles. The van der Waals surface area contributed by atoms with Crippen molar-refractivity contribution in [2.75, 3.05) is 19.6 Å². The van der Waals surface area contributed by atoms with Gasteiger partial charge in [0.15, 0.2) is 0 Å². The van der Waals surface area contributed by atoms with Gasteiger partial charge in [-0.05, 0) is 35.4 Å². The summed E-state index contributed by atoms with van der Waals surface area (Å²) in [5.41, 5.74) is 2.98. The number of aliphatic hydroxyl groups excluding tert-OH is 2. The van der Waals surface area contributed by atoms with Crippen LogP contribution in [0.3, 0.4) is 0 Å². The molecule has 2 N–H and O–H groups in total. The van der Waals surface area contributed by atoms with Crippen LogP contribution < -0.4 is 4.74 Å². The summed E-state index contributed by atoms with van der Waals surface area (Å²) >= 11 is 0. The normalized spacial score (nSPS) is 22.7. The van der Waals surface area contributed by atoms with Gasteiger partial charge >= 0.3 is 0 Å². The third kappa shape index (κ3) is 4.35. The zero-order chi connectivity index (χ0) is 20.6. The minimum atomic E-state index is -0.489. The smallest absolute Gasteiger partial charge is 0.125 e. The second-order valence-corrected chi connectivity index (χ2v) is 9.73. The Morgan fingerprint density at radius 2 is 1.72 bits per heavy atom. The van der Waals surface area contributed by atoms with Crippen molar-refractivity contribution in [3.8, 4) is 5.75 Å². The lowest BCUT2D eigenvalue weighted by molar-refractivity contribution is -0.0587. The molecule has 1 saturated heterocycles. The van der Waals surface area contributed by atoms with Crippen molar-refractivity contribution in [3.63, 3.8) is 0 Å². The van der Waals surface area contributed by atoms with Gasteiger partial charge in [-0.15, -0.1) is 0 Å². The maximum Gasteiger partial charge on any atom is 0.125 e. The van der Waals surface area contributed by atoms with E-state index in [9.17, 15) is 10.2 Å². The summed E-state index contributed by atoms with van der Waals surface area (Å²) in [6.45, 7) is 8.96. The Morgan fingerprint density at radius 1 is 1.07 bits per heavy atom. The third-order valence-corrected chi connectivity index (χ3v) is 6.53. The molecule has 156 valence electrons. The Labute approximate surface area is 174 Å². The molecule has 4 heteroatoms. The summed E-state index contributed by atoms with van der Waals surface area (Å²) in [6, 6.07) is 16.2. The predicted molar refractivity (Wildman–Crippen MR) is 115 cm³/mol. The highest BCUT2D eigenvalue weighted by molar-refractivity contribution is 5.38. The van der Waals surface area contributed by atoms with E-state index in [0.29, 0.717) is 13.0 Å². The summed E-state index contributed by atoms with van der Waals surface area (Å²) < 4.78 is 6.36. The van der Waals surface area contributed by atoms with Crippen LogP contribution in [0.5, 0.6) is 5.75 Å². The zero-order valence-electron chi connectivity index (χ0n) is 17.8. The largest absolute Gasteiger partial charge is 0.487 e. The molecule has 0 unspecified atom stereocenters. The van der Waals surface area contributed by atoms with Gasteiger partial charge in [-0.1, -0.05) is 63.2 Å². The lowest BCUT2D eigenvalue weighted by Gasteiger charge is -2.46. The molecule has 0 aliphatic carbocycles. The van der Waals surface area contributed by atoms with Crippen molar-refractivity contribution in [2.45, 2.75) is 63.3 Å². The minimum Gasteiger partial charge on any atom is -0.487 e. The fourth-order valence-corrected chi connectivity index (χ4v) is 4.59. The summed E-state index contributed by atoms with van der Waals surface area (Å²) in [6.07, 6.45) is 1.44. The molecule has 1 spiro atoms. The Hall–Kier alpha value is -1.88. The molecule has 2 aliphatic heterocycles. The van der Waals surface area contributed by atoms with Crippen LogP contribution in [0.2, 0.25) is 0 Å². The van der Waals surface area contributed by atoms with Gasteiger partial charge in [0.05, 0.1) is 12.2 Å². The minimum absolute atomic E-state index is 0.119. The number of ether oxygens (including phenoxy) is 1. The molecule has 1 fully saturated rings. The van der Waals surface area contributed by atoms with Gasteiger partial charge in [0, 0.05) is 31.6 Å². The van der Waals surface area contributed by atoms with Crippen LogP contribution in [-0.2, 0) is 5.41 Å². The van der Waals surface area contributed by atoms with E-state index in [1.807, 2.05) is 36.4 Å². The van der Waals surface area contributed by atoms with Crippen molar-refractivity contribution in [1.29, 1.82) is 0 Å². The maximum absolute atomic E-state index is 10.7. The second-order valence-electron chi connectivity index (χ2n) is 9.73. The highest BCUT2D eigenvalue weighted by atomic mass is 16.5. The van der Waals surface area contributed by atoms with Crippen LogP contribution in [0.15, 0.2) is 48.5 Å². The lowest BCUT2D eigenvalue weighted by Crippen LogP contribution is -2.51. The van der Waals surface area contributed by atoms with E-state index in [1.165, 1.54) is 5.56 Å². The van der Waals surface area contributed by atoms with Crippen LogP contribution >= 0.6 is 0 Å². The van der Waals surface area contributed by atoms with Gasteiger partial charge in [-0.25, -0.2) is 0 Å². The van der Waals surface area contributed by atoms with E-state index < -0.39 is 12.2 Å². The fourth-order valence-electron chi connectivity index (χ4n) is 4.59. The quantitative estimate of drug-likeness (QED) is 0.810. The number of hydrogen-bond donors (Lipinski definition) is 2.